The molecule has 74 valence electrons. The number of carbonyl (C=O) groups is 1. The average molecular weight is 188 g/mol. The van der Waals surface area contributed by atoms with Gasteiger partial charge in [-0.3, -0.25) is 4.79 Å². The molecule has 1 saturated carbocycles. The van der Waals surface area contributed by atoms with Gasteiger partial charge in [-0.25, -0.2) is 0 Å². The van der Waals surface area contributed by atoms with Gasteiger partial charge in [0.2, 0.25) is 0 Å². The molecule has 3 aliphatic rings. The summed E-state index contributed by atoms with van der Waals surface area (Å²) in [5.74, 6) is 2.07. The largest absolute Gasteiger partial charge is 0.294 e. The summed E-state index contributed by atoms with van der Waals surface area (Å²) in [4.78, 5) is 11.7. The Kier molecular flexibility index (Phi) is 1.86. The smallest absolute Gasteiger partial charge is 0.162 e. The molecular weight excluding hydrogens is 172 g/mol. The topological polar surface area (TPSA) is 17.1 Å². The molecule has 2 unspecified atom stereocenters. The average Bonchev–Trinajstić information content (AvgIpc) is 2.89. The van der Waals surface area contributed by atoms with Crippen molar-refractivity contribution in [1.82, 2.24) is 0 Å². The van der Waals surface area contributed by atoms with E-state index in [9.17, 15) is 4.79 Å². The quantitative estimate of drug-likeness (QED) is 0.571. The Hall–Kier alpha value is -0.850. The van der Waals surface area contributed by atoms with Gasteiger partial charge in [-0.05, 0) is 48.7 Å². The number of carbonyl (C=O) groups excluding carboxylic acids is 1. The molecule has 1 heteroatoms. The first-order chi connectivity index (χ1) is 6.86. The van der Waals surface area contributed by atoms with Crippen molar-refractivity contribution in [3.05, 3.63) is 23.3 Å². The first-order valence-electron chi connectivity index (χ1n) is 5.79. The number of hydrogen-bond donors (Lipinski definition) is 0. The summed E-state index contributed by atoms with van der Waals surface area (Å²) in [7, 11) is 0. The van der Waals surface area contributed by atoms with Crippen molar-refractivity contribution in [2.45, 2.75) is 38.5 Å². The SMILES string of the molecule is O=C1CC=CC2=C1CCCCC1CC21. The monoisotopic (exact) mass is 188 g/mol. The van der Waals surface area contributed by atoms with Crippen molar-refractivity contribution in [2.24, 2.45) is 11.8 Å². The summed E-state index contributed by atoms with van der Waals surface area (Å²) >= 11 is 0. The van der Waals surface area contributed by atoms with Crippen LogP contribution in [0.1, 0.15) is 38.5 Å². The molecule has 0 saturated heterocycles. The highest BCUT2D eigenvalue weighted by atomic mass is 16.1. The van der Waals surface area contributed by atoms with Crippen LogP contribution in [0.5, 0.6) is 0 Å². The lowest BCUT2D eigenvalue weighted by atomic mass is 9.87. The molecule has 0 N–H and O–H groups in total. The molecule has 0 aromatic heterocycles. The molecule has 3 aliphatic carbocycles. The zero-order chi connectivity index (χ0) is 9.54. The second-order valence-electron chi connectivity index (χ2n) is 4.81. The first-order valence-corrected chi connectivity index (χ1v) is 5.79. The molecule has 0 bridgehead atoms. The zero-order valence-corrected chi connectivity index (χ0v) is 8.46. The number of allylic oxidation sites excluding steroid dienone is 4. The van der Waals surface area contributed by atoms with E-state index in [1.807, 2.05) is 0 Å². The predicted molar refractivity (Wildman–Crippen MR) is 55.9 cm³/mol. The Balaban J connectivity index is 1.98. The van der Waals surface area contributed by atoms with Gasteiger partial charge in [0.15, 0.2) is 5.78 Å². The maximum atomic E-state index is 11.7. The van der Waals surface area contributed by atoms with Crippen molar-refractivity contribution >= 4 is 5.78 Å². The Morgan fingerprint density at radius 1 is 1.29 bits per heavy atom. The number of ketones is 1. The van der Waals surface area contributed by atoms with Crippen LogP contribution in [0, 0.1) is 11.8 Å². The van der Waals surface area contributed by atoms with Gasteiger partial charge in [-0.1, -0.05) is 18.6 Å². The highest BCUT2D eigenvalue weighted by Crippen LogP contribution is 2.51. The van der Waals surface area contributed by atoms with E-state index in [0.29, 0.717) is 12.2 Å². The first kappa shape index (κ1) is 8.46. The van der Waals surface area contributed by atoms with Crippen LogP contribution in [-0.2, 0) is 4.79 Å². The predicted octanol–water partition coefficient (Wildman–Crippen LogP) is 3.02. The van der Waals surface area contributed by atoms with Gasteiger partial charge in [-0.2, -0.15) is 0 Å². The van der Waals surface area contributed by atoms with Crippen LogP contribution in [-0.4, -0.2) is 5.78 Å². The summed E-state index contributed by atoms with van der Waals surface area (Å²) in [6.45, 7) is 0. The Labute approximate surface area is 84.9 Å². The van der Waals surface area contributed by atoms with E-state index in [-0.39, 0.29) is 0 Å². The summed E-state index contributed by atoms with van der Waals surface area (Å²) in [5.41, 5.74) is 2.59. The van der Waals surface area contributed by atoms with E-state index in [2.05, 4.69) is 12.2 Å². The molecular formula is C13H16O. The van der Waals surface area contributed by atoms with Gasteiger partial charge in [-0.15, -0.1) is 0 Å². The number of fused-ring (bicyclic) bond motifs is 2. The highest BCUT2D eigenvalue weighted by Gasteiger charge is 2.41. The van der Waals surface area contributed by atoms with Crippen molar-refractivity contribution in [3.63, 3.8) is 0 Å². The number of Topliss-reactive ketones (excluding diaryl/α,β-unsaturated/α-hetero) is 1. The summed E-state index contributed by atoms with van der Waals surface area (Å²) in [6, 6.07) is 0. The fourth-order valence-electron chi connectivity index (χ4n) is 2.96. The van der Waals surface area contributed by atoms with E-state index in [4.69, 9.17) is 0 Å². The fourth-order valence-corrected chi connectivity index (χ4v) is 2.96. The molecule has 1 nitrogen and oxygen atoms in total. The van der Waals surface area contributed by atoms with Crippen LogP contribution in [0.15, 0.2) is 23.3 Å². The molecule has 0 amide bonds. The maximum Gasteiger partial charge on any atom is 0.162 e. The van der Waals surface area contributed by atoms with E-state index in [0.717, 1.165) is 18.3 Å². The van der Waals surface area contributed by atoms with Crippen LogP contribution in [0.25, 0.3) is 0 Å². The van der Waals surface area contributed by atoms with Crippen molar-refractivity contribution < 1.29 is 4.79 Å². The Morgan fingerprint density at radius 3 is 3.14 bits per heavy atom. The van der Waals surface area contributed by atoms with Crippen molar-refractivity contribution in [3.8, 4) is 0 Å². The Morgan fingerprint density at radius 2 is 2.21 bits per heavy atom. The molecule has 14 heavy (non-hydrogen) atoms. The minimum Gasteiger partial charge on any atom is -0.294 e. The third-order valence-electron chi connectivity index (χ3n) is 3.86. The van der Waals surface area contributed by atoms with Crippen molar-refractivity contribution in [1.29, 1.82) is 0 Å². The number of rotatable bonds is 0. The lowest BCUT2D eigenvalue weighted by Crippen LogP contribution is -2.11. The maximum absolute atomic E-state index is 11.7. The normalized spacial score (nSPS) is 35.9. The van der Waals surface area contributed by atoms with Gasteiger partial charge in [0, 0.05) is 6.42 Å². The van der Waals surface area contributed by atoms with Gasteiger partial charge in [0.05, 0.1) is 0 Å². The lowest BCUT2D eigenvalue weighted by Gasteiger charge is -2.17. The molecule has 1 fully saturated rings. The molecule has 3 rings (SSSR count). The summed E-state index contributed by atoms with van der Waals surface area (Å²) < 4.78 is 0. The minimum absolute atomic E-state index is 0.398. The van der Waals surface area contributed by atoms with Gasteiger partial charge < -0.3 is 0 Å². The second-order valence-corrected chi connectivity index (χ2v) is 4.81. The molecule has 0 spiro atoms. The van der Waals surface area contributed by atoms with Crippen LogP contribution < -0.4 is 0 Å². The van der Waals surface area contributed by atoms with E-state index < -0.39 is 0 Å². The van der Waals surface area contributed by atoms with Crippen molar-refractivity contribution in [2.75, 3.05) is 0 Å². The third-order valence-corrected chi connectivity index (χ3v) is 3.86. The summed E-state index contributed by atoms with van der Waals surface area (Å²) in [6.07, 6.45) is 11.3. The standard InChI is InChI=1S/C13H16O/c14-13-7-3-6-10-11(13)5-2-1-4-9-8-12(9)10/h3,6,9,12H,1-2,4-5,7-8H2. The van der Waals surface area contributed by atoms with E-state index >= 15 is 0 Å². The van der Waals surface area contributed by atoms with Crippen LogP contribution >= 0.6 is 0 Å². The van der Waals surface area contributed by atoms with Gasteiger partial charge in [0.25, 0.3) is 0 Å². The van der Waals surface area contributed by atoms with E-state index in [1.165, 1.54) is 36.8 Å². The van der Waals surface area contributed by atoms with Crippen LogP contribution in [0.3, 0.4) is 0 Å². The molecule has 0 aromatic rings. The summed E-state index contributed by atoms with van der Waals surface area (Å²) in [5, 5.41) is 0. The van der Waals surface area contributed by atoms with E-state index in [1.54, 1.807) is 0 Å². The lowest BCUT2D eigenvalue weighted by molar-refractivity contribution is -0.115. The molecule has 0 radical (unpaired) electrons. The zero-order valence-electron chi connectivity index (χ0n) is 8.46. The molecule has 0 heterocycles. The molecule has 0 aromatic carbocycles. The highest BCUT2D eigenvalue weighted by molar-refractivity contribution is 5.98. The third kappa shape index (κ3) is 1.26. The second kappa shape index (κ2) is 3.08. The Bertz CT molecular complexity index is 335. The van der Waals surface area contributed by atoms with Gasteiger partial charge in [0.1, 0.15) is 0 Å². The van der Waals surface area contributed by atoms with Crippen LogP contribution in [0.4, 0.5) is 0 Å². The molecule has 2 atom stereocenters. The van der Waals surface area contributed by atoms with Crippen LogP contribution in [0.2, 0.25) is 0 Å². The number of hydrogen-bond acceptors (Lipinski definition) is 1. The fraction of sp³-hybridized carbons (Fsp3) is 0.615. The molecule has 0 aliphatic heterocycles. The minimum atomic E-state index is 0.398. The van der Waals surface area contributed by atoms with Gasteiger partial charge >= 0.3 is 0 Å².